The molecule has 0 fully saturated rings. The predicted octanol–water partition coefficient (Wildman–Crippen LogP) is 1.97. The van der Waals surface area contributed by atoms with E-state index in [-0.39, 0.29) is 0 Å². The lowest BCUT2D eigenvalue weighted by Crippen LogP contribution is -2.32. The molecule has 2 aromatic heterocycles. The van der Waals surface area contributed by atoms with Gasteiger partial charge < -0.3 is 15.4 Å². The number of hydrazine groups is 1. The fourth-order valence-electron chi connectivity index (χ4n) is 2.97. The highest BCUT2D eigenvalue weighted by Gasteiger charge is 2.21. The summed E-state index contributed by atoms with van der Waals surface area (Å²) in [6.45, 7) is 3.53. The van der Waals surface area contributed by atoms with Crippen molar-refractivity contribution in [3.63, 3.8) is 0 Å². The van der Waals surface area contributed by atoms with Crippen molar-refractivity contribution >= 4 is 22.4 Å². The van der Waals surface area contributed by atoms with Crippen LogP contribution < -0.4 is 15.8 Å². The highest BCUT2D eigenvalue weighted by molar-refractivity contribution is 5.93. The van der Waals surface area contributed by atoms with E-state index in [0.29, 0.717) is 12.4 Å². The summed E-state index contributed by atoms with van der Waals surface area (Å²) in [5.41, 5.74) is 8.48. The topological polar surface area (TPSA) is 86.2 Å². The van der Waals surface area contributed by atoms with Gasteiger partial charge in [-0.15, -0.1) is 0 Å². The average molecular weight is 322 g/mol. The Morgan fingerprint density at radius 3 is 2.79 bits per heavy atom. The summed E-state index contributed by atoms with van der Waals surface area (Å²) in [4.78, 5) is 15.6. The van der Waals surface area contributed by atoms with Gasteiger partial charge in [0.2, 0.25) is 0 Å². The Balaban J connectivity index is 1.73. The molecule has 1 aliphatic heterocycles. The largest absolute Gasteiger partial charge is 0.373 e. The molecule has 24 heavy (non-hydrogen) atoms. The molecule has 1 aromatic carbocycles. The van der Waals surface area contributed by atoms with Crippen LogP contribution in [-0.2, 0) is 6.54 Å². The zero-order valence-corrected chi connectivity index (χ0v) is 13.3. The van der Waals surface area contributed by atoms with E-state index in [1.165, 1.54) is 0 Å². The zero-order valence-electron chi connectivity index (χ0n) is 13.3. The molecular weight excluding hydrogens is 304 g/mol. The van der Waals surface area contributed by atoms with Gasteiger partial charge in [-0.1, -0.05) is 12.1 Å². The molecule has 1 atom stereocenters. The molecule has 1 aliphatic rings. The fraction of sp³-hybridized carbons (Fsp3) is 0.235. The van der Waals surface area contributed by atoms with Crippen molar-refractivity contribution in [2.24, 2.45) is 0 Å². The van der Waals surface area contributed by atoms with E-state index < -0.39 is 6.23 Å². The van der Waals surface area contributed by atoms with Crippen LogP contribution in [0.1, 0.15) is 24.5 Å². The third-order valence-corrected chi connectivity index (χ3v) is 4.17. The van der Waals surface area contributed by atoms with Crippen LogP contribution in [0.3, 0.4) is 0 Å². The minimum atomic E-state index is -0.764. The maximum Gasteiger partial charge on any atom is 0.152 e. The van der Waals surface area contributed by atoms with E-state index in [2.05, 4.69) is 37.6 Å². The minimum Gasteiger partial charge on any atom is -0.373 e. The van der Waals surface area contributed by atoms with Crippen molar-refractivity contribution in [1.82, 2.24) is 20.4 Å². The van der Waals surface area contributed by atoms with Crippen molar-refractivity contribution in [2.45, 2.75) is 19.7 Å². The summed E-state index contributed by atoms with van der Waals surface area (Å²) >= 11 is 0. The number of benzene rings is 1. The number of hydrogen-bond acceptors (Lipinski definition) is 7. The van der Waals surface area contributed by atoms with Crippen LogP contribution in [0, 0.1) is 0 Å². The zero-order chi connectivity index (χ0) is 16.5. The molecule has 122 valence electrons. The van der Waals surface area contributed by atoms with E-state index in [4.69, 9.17) is 0 Å². The van der Waals surface area contributed by atoms with Crippen LogP contribution >= 0.6 is 0 Å². The number of aliphatic hydroxyl groups is 1. The Labute approximate surface area is 139 Å². The molecule has 3 heterocycles. The summed E-state index contributed by atoms with van der Waals surface area (Å²) in [5.74, 6) is 1.42. The summed E-state index contributed by atoms with van der Waals surface area (Å²) in [6, 6.07) is 9.67. The highest BCUT2D eigenvalue weighted by atomic mass is 16.3. The van der Waals surface area contributed by atoms with Gasteiger partial charge in [0.1, 0.15) is 6.23 Å². The van der Waals surface area contributed by atoms with Gasteiger partial charge in [-0.05, 0) is 25.1 Å². The highest BCUT2D eigenvalue weighted by Crippen LogP contribution is 2.31. The van der Waals surface area contributed by atoms with Crippen molar-refractivity contribution < 1.29 is 5.11 Å². The molecule has 7 nitrogen and oxygen atoms in total. The van der Waals surface area contributed by atoms with Crippen LogP contribution in [0.5, 0.6) is 0 Å². The number of aliphatic hydroxyl groups excluding tert-OH is 1. The summed E-state index contributed by atoms with van der Waals surface area (Å²) < 4.78 is 0. The molecule has 0 bridgehead atoms. The number of aromatic nitrogens is 3. The Hall–Kier alpha value is -2.77. The van der Waals surface area contributed by atoms with Crippen LogP contribution in [-0.4, -0.2) is 26.6 Å². The molecule has 3 aromatic rings. The molecule has 0 saturated carbocycles. The maximum atomic E-state index is 10.0. The molecule has 1 unspecified atom stereocenters. The van der Waals surface area contributed by atoms with E-state index in [0.717, 1.165) is 34.5 Å². The molecule has 4 rings (SSSR count). The lowest BCUT2D eigenvalue weighted by molar-refractivity contribution is 0.148. The van der Waals surface area contributed by atoms with Crippen molar-refractivity contribution in [3.05, 3.63) is 54.1 Å². The standard InChI is InChI=1S/C17H18N6O/c1-2-23(11-6-8-18-9-7-11)10-14-19-13-5-3-4-12-15(13)16(20-14)21-22-17(12)24/h3-9,17,22,24H,2,10H2,1H3,(H,19,20,21). The fourth-order valence-corrected chi connectivity index (χ4v) is 2.97. The molecule has 0 aliphatic carbocycles. The Morgan fingerprint density at radius 2 is 2.00 bits per heavy atom. The van der Waals surface area contributed by atoms with Crippen molar-refractivity contribution in [2.75, 3.05) is 16.9 Å². The van der Waals surface area contributed by atoms with Gasteiger partial charge in [0, 0.05) is 30.2 Å². The molecule has 3 N–H and O–H groups in total. The van der Waals surface area contributed by atoms with Crippen LogP contribution in [0.25, 0.3) is 10.9 Å². The number of hydrogen-bond donors (Lipinski definition) is 3. The minimum absolute atomic E-state index is 0.595. The second kappa shape index (κ2) is 6.03. The number of nitrogens with zero attached hydrogens (tertiary/aromatic N) is 4. The third kappa shape index (κ3) is 2.53. The SMILES string of the molecule is CCN(Cc1nc2c3c(cccc3n1)C(O)NN2)c1ccncc1. The first kappa shape index (κ1) is 14.8. The third-order valence-electron chi connectivity index (χ3n) is 4.17. The monoisotopic (exact) mass is 322 g/mol. The first-order chi connectivity index (χ1) is 11.8. The van der Waals surface area contributed by atoms with E-state index >= 15 is 0 Å². The lowest BCUT2D eigenvalue weighted by atomic mass is 10.1. The molecule has 0 amide bonds. The van der Waals surface area contributed by atoms with Crippen LogP contribution in [0.4, 0.5) is 11.5 Å². The molecule has 0 spiro atoms. The lowest BCUT2D eigenvalue weighted by Gasteiger charge is -2.25. The maximum absolute atomic E-state index is 10.0. The summed E-state index contributed by atoms with van der Waals surface area (Å²) in [6.07, 6.45) is 2.80. The number of anilines is 2. The second-order valence-corrected chi connectivity index (χ2v) is 5.62. The van der Waals surface area contributed by atoms with Crippen LogP contribution in [0.2, 0.25) is 0 Å². The van der Waals surface area contributed by atoms with Gasteiger partial charge in [0.15, 0.2) is 11.6 Å². The van der Waals surface area contributed by atoms with Gasteiger partial charge in [-0.2, -0.15) is 0 Å². The quantitative estimate of drug-likeness (QED) is 0.677. The first-order valence-corrected chi connectivity index (χ1v) is 7.90. The Bertz CT molecular complexity index is 870. The van der Waals surface area contributed by atoms with Gasteiger partial charge in [0.05, 0.1) is 17.4 Å². The van der Waals surface area contributed by atoms with E-state index in [1.807, 2.05) is 30.3 Å². The summed E-state index contributed by atoms with van der Waals surface area (Å²) in [7, 11) is 0. The number of pyridine rings is 1. The second-order valence-electron chi connectivity index (χ2n) is 5.62. The normalized spacial score (nSPS) is 16.0. The van der Waals surface area contributed by atoms with Crippen LogP contribution in [0.15, 0.2) is 42.7 Å². The number of nitrogens with one attached hydrogen (secondary N) is 2. The smallest absolute Gasteiger partial charge is 0.152 e. The molecule has 0 saturated heterocycles. The Morgan fingerprint density at radius 1 is 1.17 bits per heavy atom. The van der Waals surface area contributed by atoms with Gasteiger partial charge in [0.25, 0.3) is 0 Å². The van der Waals surface area contributed by atoms with Gasteiger partial charge >= 0.3 is 0 Å². The van der Waals surface area contributed by atoms with Crippen molar-refractivity contribution in [3.8, 4) is 0 Å². The number of rotatable bonds is 4. The first-order valence-electron chi connectivity index (χ1n) is 7.90. The molecular formula is C17H18N6O. The van der Waals surface area contributed by atoms with E-state index in [1.54, 1.807) is 12.4 Å². The predicted molar refractivity (Wildman–Crippen MR) is 92.2 cm³/mol. The Kier molecular flexibility index (Phi) is 3.72. The molecule has 7 heteroatoms. The summed E-state index contributed by atoms with van der Waals surface area (Å²) in [5, 5.41) is 10.9. The van der Waals surface area contributed by atoms with Gasteiger partial charge in [-0.3, -0.25) is 4.98 Å². The van der Waals surface area contributed by atoms with Crippen molar-refractivity contribution in [1.29, 1.82) is 0 Å². The molecule has 0 radical (unpaired) electrons. The van der Waals surface area contributed by atoms with Gasteiger partial charge in [-0.25, -0.2) is 15.4 Å². The average Bonchev–Trinajstić information content (AvgIpc) is 2.63. The van der Waals surface area contributed by atoms with E-state index in [9.17, 15) is 5.11 Å².